The number of nitro groups is 1. The van der Waals surface area contributed by atoms with Crippen LogP contribution in [0.2, 0.25) is 0 Å². The SMILES string of the molecule is CN(CC1(O)CCN(Cc2ccccc2)C1)c1cc(C#N)ccc1[N+](=O)[O-]. The van der Waals surface area contributed by atoms with Crippen molar-refractivity contribution < 1.29 is 10.0 Å². The van der Waals surface area contributed by atoms with Gasteiger partial charge in [-0.25, -0.2) is 0 Å². The van der Waals surface area contributed by atoms with E-state index in [-0.39, 0.29) is 12.2 Å². The third-order valence-electron chi connectivity index (χ3n) is 4.90. The van der Waals surface area contributed by atoms with Crippen LogP contribution in [0.4, 0.5) is 11.4 Å². The van der Waals surface area contributed by atoms with Gasteiger partial charge in [-0.05, 0) is 24.1 Å². The van der Waals surface area contributed by atoms with Crippen LogP contribution in [-0.4, -0.2) is 47.2 Å². The zero-order chi connectivity index (χ0) is 19.4. The maximum Gasteiger partial charge on any atom is 0.292 e. The summed E-state index contributed by atoms with van der Waals surface area (Å²) in [6, 6.07) is 16.3. The van der Waals surface area contributed by atoms with E-state index in [0.717, 1.165) is 13.1 Å². The van der Waals surface area contributed by atoms with Crippen molar-refractivity contribution in [2.45, 2.75) is 18.6 Å². The molecule has 1 atom stereocenters. The Morgan fingerprint density at radius 2 is 2.07 bits per heavy atom. The number of hydrogen-bond donors (Lipinski definition) is 1. The molecule has 2 aromatic carbocycles. The van der Waals surface area contributed by atoms with Gasteiger partial charge in [0.25, 0.3) is 5.69 Å². The second kappa shape index (κ2) is 7.74. The van der Waals surface area contributed by atoms with E-state index in [4.69, 9.17) is 5.26 Å². The lowest BCUT2D eigenvalue weighted by atomic mass is 10.0. The highest BCUT2D eigenvalue weighted by atomic mass is 16.6. The summed E-state index contributed by atoms with van der Waals surface area (Å²) >= 11 is 0. The molecule has 1 saturated heterocycles. The van der Waals surface area contributed by atoms with E-state index in [2.05, 4.69) is 17.0 Å². The number of nitro benzene ring substituents is 1. The number of rotatable bonds is 6. The number of β-amino-alcohol motifs (C(OH)–C–C–N with tert-alkyl or cyclic N) is 1. The van der Waals surface area contributed by atoms with E-state index in [0.29, 0.717) is 24.2 Å². The molecule has 27 heavy (non-hydrogen) atoms. The smallest absolute Gasteiger partial charge is 0.292 e. The molecule has 0 aromatic heterocycles. The largest absolute Gasteiger partial charge is 0.387 e. The van der Waals surface area contributed by atoms with E-state index < -0.39 is 10.5 Å². The second-order valence-electron chi connectivity index (χ2n) is 7.10. The van der Waals surface area contributed by atoms with Crippen molar-refractivity contribution >= 4 is 11.4 Å². The van der Waals surface area contributed by atoms with Gasteiger partial charge in [-0.2, -0.15) is 5.26 Å². The van der Waals surface area contributed by atoms with Gasteiger partial charge in [-0.3, -0.25) is 15.0 Å². The minimum absolute atomic E-state index is 0.0701. The van der Waals surface area contributed by atoms with E-state index in [9.17, 15) is 15.2 Å². The van der Waals surface area contributed by atoms with Crippen molar-refractivity contribution in [2.24, 2.45) is 0 Å². The minimum Gasteiger partial charge on any atom is -0.387 e. The zero-order valence-corrected chi connectivity index (χ0v) is 15.2. The average Bonchev–Trinajstić information content (AvgIpc) is 3.02. The third kappa shape index (κ3) is 4.42. The zero-order valence-electron chi connectivity index (χ0n) is 15.2. The molecule has 0 spiro atoms. The van der Waals surface area contributed by atoms with Crippen LogP contribution in [0.3, 0.4) is 0 Å². The van der Waals surface area contributed by atoms with Crippen molar-refractivity contribution in [2.75, 3.05) is 31.6 Å². The fraction of sp³-hybridized carbons (Fsp3) is 0.350. The molecule has 0 radical (unpaired) electrons. The van der Waals surface area contributed by atoms with Crippen LogP contribution in [0.5, 0.6) is 0 Å². The Kier molecular flexibility index (Phi) is 5.40. The van der Waals surface area contributed by atoms with E-state index in [1.54, 1.807) is 11.9 Å². The normalized spacial score (nSPS) is 19.6. The molecule has 2 aromatic rings. The van der Waals surface area contributed by atoms with Gasteiger partial charge < -0.3 is 10.0 Å². The van der Waals surface area contributed by atoms with Crippen LogP contribution in [0, 0.1) is 21.4 Å². The van der Waals surface area contributed by atoms with Crippen LogP contribution in [-0.2, 0) is 6.54 Å². The van der Waals surface area contributed by atoms with Crippen LogP contribution in [0.1, 0.15) is 17.5 Å². The molecule has 1 aliphatic heterocycles. The molecule has 7 heteroatoms. The topological polar surface area (TPSA) is 93.6 Å². The molecule has 0 aliphatic carbocycles. The molecule has 1 aliphatic rings. The summed E-state index contributed by atoms with van der Waals surface area (Å²) < 4.78 is 0. The number of aliphatic hydroxyl groups is 1. The number of nitriles is 1. The summed E-state index contributed by atoms with van der Waals surface area (Å²) in [6.07, 6.45) is 0.593. The quantitative estimate of drug-likeness (QED) is 0.624. The molecule has 0 saturated carbocycles. The van der Waals surface area contributed by atoms with Gasteiger partial charge in [0.1, 0.15) is 5.69 Å². The van der Waals surface area contributed by atoms with Gasteiger partial charge in [-0.1, -0.05) is 30.3 Å². The minimum atomic E-state index is -0.958. The predicted octanol–water partition coefficient (Wildman–Crippen LogP) is 2.54. The molecule has 1 unspecified atom stereocenters. The van der Waals surface area contributed by atoms with E-state index in [1.807, 2.05) is 24.3 Å². The van der Waals surface area contributed by atoms with E-state index >= 15 is 0 Å². The molecule has 0 amide bonds. The first-order chi connectivity index (χ1) is 12.9. The number of hydrogen-bond acceptors (Lipinski definition) is 6. The molecule has 0 bridgehead atoms. The maximum atomic E-state index is 11.3. The monoisotopic (exact) mass is 366 g/mol. The van der Waals surface area contributed by atoms with Crippen molar-refractivity contribution in [3.8, 4) is 6.07 Å². The van der Waals surface area contributed by atoms with Crippen LogP contribution < -0.4 is 4.90 Å². The predicted molar refractivity (Wildman–Crippen MR) is 102 cm³/mol. The maximum absolute atomic E-state index is 11.3. The molecular formula is C20H22N4O3. The van der Waals surface area contributed by atoms with Crippen LogP contribution >= 0.6 is 0 Å². The van der Waals surface area contributed by atoms with Crippen LogP contribution in [0.15, 0.2) is 48.5 Å². The molecule has 1 N–H and O–H groups in total. The number of likely N-dealkylation sites (N-methyl/N-ethyl adjacent to an activating group) is 1. The number of anilines is 1. The summed E-state index contributed by atoms with van der Waals surface area (Å²) in [4.78, 5) is 14.7. The lowest BCUT2D eigenvalue weighted by molar-refractivity contribution is -0.384. The Morgan fingerprint density at radius 3 is 2.74 bits per heavy atom. The first-order valence-corrected chi connectivity index (χ1v) is 8.78. The Balaban J connectivity index is 1.71. The van der Waals surface area contributed by atoms with Crippen molar-refractivity contribution in [1.29, 1.82) is 5.26 Å². The molecule has 1 fully saturated rings. The number of benzene rings is 2. The molecular weight excluding hydrogens is 344 g/mol. The van der Waals surface area contributed by atoms with Gasteiger partial charge in [0, 0.05) is 39.3 Å². The lowest BCUT2D eigenvalue weighted by Crippen LogP contribution is -2.44. The molecule has 7 nitrogen and oxygen atoms in total. The highest BCUT2D eigenvalue weighted by Crippen LogP contribution is 2.31. The lowest BCUT2D eigenvalue weighted by Gasteiger charge is -2.30. The summed E-state index contributed by atoms with van der Waals surface area (Å²) in [7, 11) is 1.71. The highest BCUT2D eigenvalue weighted by molar-refractivity contribution is 5.65. The standard InChI is InChI=1S/C20H22N4O3/c1-22(19-11-17(12-21)7-8-18(19)24(26)27)14-20(25)9-10-23(15-20)13-16-5-3-2-4-6-16/h2-8,11,25H,9-10,13-15H2,1H3. The molecule has 140 valence electrons. The summed E-state index contributed by atoms with van der Waals surface area (Å²) in [5.41, 5.74) is 0.854. The Hall–Kier alpha value is -2.95. The molecule has 3 rings (SSSR count). The summed E-state index contributed by atoms with van der Waals surface area (Å²) in [5, 5.41) is 31.4. The van der Waals surface area contributed by atoms with E-state index in [1.165, 1.54) is 23.8 Å². The second-order valence-corrected chi connectivity index (χ2v) is 7.10. The highest BCUT2D eigenvalue weighted by Gasteiger charge is 2.37. The Morgan fingerprint density at radius 1 is 1.33 bits per heavy atom. The Labute approximate surface area is 158 Å². The molecule has 1 heterocycles. The number of likely N-dealkylation sites (tertiary alicyclic amines) is 1. The average molecular weight is 366 g/mol. The van der Waals surface area contributed by atoms with Crippen molar-refractivity contribution in [1.82, 2.24) is 4.90 Å². The van der Waals surface area contributed by atoms with Gasteiger partial charge in [0.2, 0.25) is 0 Å². The third-order valence-corrected chi connectivity index (χ3v) is 4.90. The van der Waals surface area contributed by atoms with Gasteiger partial charge in [-0.15, -0.1) is 0 Å². The summed E-state index contributed by atoms with van der Waals surface area (Å²) in [5.74, 6) is 0. The fourth-order valence-electron chi connectivity index (χ4n) is 3.63. The first-order valence-electron chi connectivity index (χ1n) is 8.78. The van der Waals surface area contributed by atoms with Crippen molar-refractivity contribution in [3.05, 3.63) is 69.8 Å². The van der Waals surface area contributed by atoms with Crippen molar-refractivity contribution in [3.63, 3.8) is 0 Å². The number of nitrogens with zero attached hydrogens (tertiary/aromatic N) is 4. The van der Waals surface area contributed by atoms with Gasteiger partial charge >= 0.3 is 0 Å². The van der Waals surface area contributed by atoms with Gasteiger partial charge in [0.05, 0.1) is 22.2 Å². The fourth-order valence-corrected chi connectivity index (χ4v) is 3.63. The Bertz CT molecular complexity index is 865. The first kappa shape index (κ1) is 18.8. The summed E-state index contributed by atoms with van der Waals surface area (Å²) in [6.45, 7) is 2.28. The van der Waals surface area contributed by atoms with Gasteiger partial charge in [0.15, 0.2) is 0 Å². The van der Waals surface area contributed by atoms with Crippen LogP contribution in [0.25, 0.3) is 0 Å².